The molecule has 3 aromatic rings. The molecular formula is C25H22F2N2O3. The van der Waals surface area contributed by atoms with Crippen LogP contribution in [0.3, 0.4) is 0 Å². The maximum atomic E-state index is 14.3. The third kappa shape index (κ3) is 4.77. The lowest BCUT2D eigenvalue weighted by Gasteiger charge is -2.25. The third-order valence-corrected chi connectivity index (χ3v) is 5.27. The van der Waals surface area contributed by atoms with Crippen molar-refractivity contribution in [1.82, 2.24) is 4.90 Å². The monoisotopic (exact) mass is 436 g/mol. The SMILES string of the molecule is COc1ccccc1C1=NO[C@H](CN(Cc2ccccc2F)C(=O)c2ccc(F)cc2)C1. The number of benzene rings is 3. The quantitative estimate of drug-likeness (QED) is 0.534. The molecule has 0 radical (unpaired) electrons. The van der Waals surface area contributed by atoms with E-state index >= 15 is 0 Å². The molecular weight excluding hydrogens is 414 g/mol. The van der Waals surface area contributed by atoms with Gasteiger partial charge in [-0.1, -0.05) is 35.5 Å². The van der Waals surface area contributed by atoms with Gasteiger partial charge in [-0.25, -0.2) is 8.78 Å². The van der Waals surface area contributed by atoms with Crippen LogP contribution in [0.5, 0.6) is 5.75 Å². The van der Waals surface area contributed by atoms with Gasteiger partial charge >= 0.3 is 0 Å². The first kappa shape index (κ1) is 21.5. The molecule has 0 fully saturated rings. The number of methoxy groups -OCH3 is 1. The van der Waals surface area contributed by atoms with E-state index in [1.807, 2.05) is 24.3 Å². The molecule has 1 atom stereocenters. The lowest BCUT2D eigenvalue weighted by molar-refractivity contribution is 0.0403. The predicted molar refractivity (Wildman–Crippen MR) is 117 cm³/mol. The van der Waals surface area contributed by atoms with E-state index in [0.29, 0.717) is 29.0 Å². The van der Waals surface area contributed by atoms with E-state index in [1.54, 1.807) is 25.3 Å². The molecule has 5 nitrogen and oxygen atoms in total. The molecule has 1 aliphatic heterocycles. The van der Waals surface area contributed by atoms with Crippen LogP contribution in [0.2, 0.25) is 0 Å². The summed E-state index contributed by atoms with van der Waals surface area (Å²) in [5.41, 5.74) is 2.23. The summed E-state index contributed by atoms with van der Waals surface area (Å²) in [7, 11) is 1.59. The van der Waals surface area contributed by atoms with Crippen molar-refractivity contribution in [3.63, 3.8) is 0 Å². The van der Waals surface area contributed by atoms with Crippen molar-refractivity contribution in [2.24, 2.45) is 5.16 Å². The molecule has 164 valence electrons. The van der Waals surface area contributed by atoms with Crippen LogP contribution in [0.1, 0.15) is 27.9 Å². The van der Waals surface area contributed by atoms with Gasteiger partial charge in [-0.3, -0.25) is 4.79 Å². The fourth-order valence-corrected chi connectivity index (χ4v) is 3.64. The van der Waals surface area contributed by atoms with Crippen molar-refractivity contribution < 1.29 is 23.1 Å². The Hall–Kier alpha value is -3.74. The highest BCUT2D eigenvalue weighted by molar-refractivity contribution is 6.03. The average Bonchev–Trinajstić information content (AvgIpc) is 3.28. The van der Waals surface area contributed by atoms with E-state index in [1.165, 1.54) is 35.2 Å². The van der Waals surface area contributed by atoms with Gasteiger partial charge in [0.2, 0.25) is 0 Å². The molecule has 0 saturated heterocycles. The van der Waals surface area contributed by atoms with Crippen molar-refractivity contribution in [2.45, 2.75) is 19.1 Å². The lowest BCUT2D eigenvalue weighted by atomic mass is 10.0. The van der Waals surface area contributed by atoms with Crippen LogP contribution in [0.4, 0.5) is 8.78 Å². The maximum absolute atomic E-state index is 14.3. The van der Waals surface area contributed by atoms with Crippen molar-refractivity contribution in [3.8, 4) is 5.75 Å². The molecule has 0 aliphatic carbocycles. The number of ether oxygens (including phenoxy) is 1. The first-order chi connectivity index (χ1) is 15.5. The first-order valence-corrected chi connectivity index (χ1v) is 10.2. The topological polar surface area (TPSA) is 51.1 Å². The van der Waals surface area contributed by atoms with Crippen molar-refractivity contribution in [3.05, 3.63) is 101 Å². The van der Waals surface area contributed by atoms with E-state index in [0.717, 1.165) is 5.56 Å². The molecule has 0 bridgehead atoms. The number of hydrogen-bond acceptors (Lipinski definition) is 4. The molecule has 0 unspecified atom stereocenters. The van der Waals surface area contributed by atoms with Crippen LogP contribution < -0.4 is 4.74 Å². The molecule has 1 amide bonds. The molecule has 7 heteroatoms. The molecule has 1 heterocycles. The summed E-state index contributed by atoms with van der Waals surface area (Å²) in [5.74, 6) is -0.498. The minimum atomic E-state index is -0.434. The molecule has 0 spiro atoms. The zero-order valence-electron chi connectivity index (χ0n) is 17.5. The van der Waals surface area contributed by atoms with Gasteiger partial charge in [0.05, 0.1) is 19.4 Å². The van der Waals surface area contributed by atoms with Gasteiger partial charge in [0, 0.05) is 29.7 Å². The molecule has 0 aromatic heterocycles. The van der Waals surface area contributed by atoms with E-state index in [-0.39, 0.29) is 19.0 Å². The van der Waals surface area contributed by atoms with Crippen LogP contribution in [-0.4, -0.2) is 36.3 Å². The smallest absolute Gasteiger partial charge is 0.254 e. The fourth-order valence-electron chi connectivity index (χ4n) is 3.64. The third-order valence-electron chi connectivity index (χ3n) is 5.27. The Kier molecular flexibility index (Phi) is 6.44. The number of hydrogen-bond donors (Lipinski definition) is 0. The summed E-state index contributed by atoms with van der Waals surface area (Å²) in [6, 6.07) is 19.1. The van der Waals surface area contributed by atoms with Gasteiger partial charge in [-0.05, 0) is 42.5 Å². The second kappa shape index (κ2) is 9.60. The standard InChI is InChI=1S/C25H22F2N2O3/c1-31-24-9-5-3-7-21(24)23-14-20(32-28-23)16-29(15-18-6-2-4-8-22(18)27)25(30)17-10-12-19(26)13-11-17/h2-13,20H,14-16H2,1H3/t20-/m0/s1. The summed E-state index contributed by atoms with van der Waals surface area (Å²) in [5, 5.41) is 4.19. The molecule has 1 aliphatic rings. The average molecular weight is 436 g/mol. The summed E-state index contributed by atoms with van der Waals surface area (Å²) < 4.78 is 33.0. The van der Waals surface area contributed by atoms with E-state index in [9.17, 15) is 13.6 Å². The molecule has 3 aromatic carbocycles. The van der Waals surface area contributed by atoms with Crippen molar-refractivity contribution >= 4 is 11.6 Å². The Morgan fingerprint density at radius 1 is 1.06 bits per heavy atom. The minimum Gasteiger partial charge on any atom is -0.496 e. The van der Waals surface area contributed by atoms with Gasteiger partial charge in [-0.2, -0.15) is 0 Å². The number of amides is 1. The predicted octanol–water partition coefficient (Wildman–Crippen LogP) is 4.81. The molecule has 0 N–H and O–H groups in total. The Balaban J connectivity index is 1.53. The highest BCUT2D eigenvalue weighted by atomic mass is 19.1. The Labute approximate surface area is 184 Å². The van der Waals surface area contributed by atoms with Gasteiger partial charge in [0.1, 0.15) is 17.4 Å². The summed E-state index contributed by atoms with van der Waals surface area (Å²) in [6.45, 7) is 0.236. The Bertz CT molecular complexity index is 1130. The van der Waals surface area contributed by atoms with Crippen LogP contribution in [0, 0.1) is 11.6 Å². The second-order valence-electron chi connectivity index (χ2n) is 7.45. The van der Waals surface area contributed by atoms with Crippen LogP contribution in [0.15, 0.2) is 78.0 Å². The number of nitrogens with zero attached hydrogens (tertiary/aromatic N) is 2. The number of rotatable bonds is 7. The fraction of sp³-hybridized carbons (Fsp3) is 0.200. The largest absolute Gasteiger partial charge is 0.496 e. The number of carbonyl (C=O) groups excluding carboxylic acids is 1. The summed E-state index contributed by atoms with van der Waals surface area (Å²) >= 11 is 0. The van der Waals surface area contributed by atoms with Crippen molar-refractivity contribution in [1.29, 1.82) is 0 Å². The van der Waals surface area contributed by atoms with Crippen LogP contribution >= 0.6 is 0 Å². The highest BCUT2D eigenvalue weighted by Gasteiger charge is 2.29. The Morgan fingerprint density at radius 2 is 1.78 bits per heavy atom. The normalized spacial score (nSPS) is 15.1. The van der Waals surface area contributed by atoms with E-state index in [4.69, 9.17) is 9.57 Å². The Morgan fingerprint density at radius 3 is 2.53 bits per heavy atom. The lowest BCUT2D eigenvalue weighted by Crippen LogP contribution is -2.37. The van der Waals surface area contributed by atoms with E-state index < -0.39 is 17.7 Å². The maximum Gasteiger partial charge on any atom is 0.254 e. The molecule has 0 saturated carbocycles. The summed E-state index contributed by atoms with van der Waals surface area (Å²) in [6.07, 6.45) is 0.0521. The zero-order chi connectivity index (χ0) is 22.5. The molecule has 4 rings (SSSR count). The number of halogens is 2. The minimum absolute atomic E-state index is 0.0483. The van der Waals surface area contributed by atoms with Gasteiger partial charge < -0.3 is 14.5 Å². The van der Waals surface area contributed by atoms with E-state index in [2.05, 4.69) is 5.16 Å². The highest BCUT2D eigenvalue weighted by Crippen LogP contribution is 2.25. The number of oxime groups is 1. The second-order valence-corrected chi connectivity index (χ2v) is 7.45. The number of carbonyl (C=O) groups is 1. The van der Waals surface area contributed by atoms with Crippen LogP contribution in [0.25, 0.3) is 0 Å². The van der Waals surface area contributed by atoms with Gasteiger partial charge in [0.15, 0.2) is 6.10 Å². The van der Waals surface area contributed by atoms with Crippen molar-refractivity contribution in [2.75, 3.05) is 13.7 Å². The summed E-state index contributed by atoms with van der Waals surface area (Å²) in [4.78, 5) is 20.3. The van der Waals surface area contributed by atoms with Gasteiger partial charge in [-0.15, -0.1) is 0 Å². The molecule has 32 heavy (non-hydrogen) atoms. The zero-order valence-corrected chi connectivity index (χ0v) is 17.5. The van der Waals surface area contributed by atoms with Gasteiger partial charge in [0.25, 0.3) is 5.91 Å². The van der Waals surface area contributed by atoms with Crippen LogP contribution in [-0.2, 0) is 11.4 Å². The number of para-hydroxylation sites is 1. The first-order valence-electron chi connectivity index (χ1n) is 10.2.